The van der Waals surface area contributed by atoms with E-state index in [0.29, 0.717) is 22.3 Å². The van der Waals surface area contributed by atoms with Crippen LogP contribution in [0, 0.1) is 0 Å². The van der Waals surface area contributed by atoms with Crippen LogP contribution < -0.4 is 5.32 Å². The highest BCUT2D eigenvalue weighted by atomic mass is 35.5. The largest absolute Gasteiger partial charge is 0.464 e. The van der Waals surface area contributed by atoms with Crippen LogP contribution in [0.5, 0.6) is 0 Å². The lowest BCUT2D eigenvalue weighted by Crippen LogP contribution is -2.04. The topological polar surface area (TPSA) is 54.1 Å². The van der Waals surface area contributed by atoms with Gasteiger partial charge in [0.15, 0.2) is 0 Å². The predicted octanol–water partition coefficient (Wildman–Crippen LogP) is 3.72. The van der Waals surface area contributed by atoms with Gasteiger partial charge in [0.25, 0.3) is 0 Å². The van der Waals surface area contributed by atoms with Gasteiger partial charge in [-0.15, -0.1) is 0 Å². The minimum atomic E-state index is -0.396. The molecule has 0 bridgehead atoms. The quantitative estimate of drug-likeness (QED) is 0.846. The molecule has 0 fully saturated rings. The maximum atomic E-state index is 11.3. The molecule has 0 atom stereocenters. The van der Waals surface area contributed by atoms with Gasteiger partial charge in [-0.1, -0.05) is 29.3 Å². The first-order valence-corrected chi connectivity index (χ1v) is 6.31. The van der Waals surface area contributed by atoms with Crippen LogP contribution in [0.2, 0.25) is 10.0 Å². The van der Waals surface area contributed by atoms with Gasteiger partial charge >= 0.3 is 5.97 Å². The van der Waals surface area contributed by atoms with Crippen molar-refractivity contribution in [1.29, 1.82) is 0 Å². The van der Waals surface area contributed by atoms with Crippen LogP contribution in [0.3, 0.4) is 0 Å². The number of nitrogens with one attached hydrogen (secondary N) is 2. The predicted molar refractivity (Wildman–Crippen MR) is 75.9 cm³/mol. The van der Waals surface area contributed by atoms with Gasteiger partial charge in [-0.3, -0.25) is 0 Å². The first-order valence-electron chi connectivity index (χ1n) is 5.56. The van der Waals surface area contributed by atoms with Crippen LogP contribution in [0.1, 0.15) is 16.2 Å². The first-order chi connectivity index (χ1) is 9.11. The Morgan fingerprint density at radius 2 is 2.11 bits per heavy atom. The second-order valence-electron chi connectivity index (χ2n) is 3.84. The minimum absolute atomic E-state index is 0.396. The van der Waals surface area contributed by atoms with Gasteiger partial charge in [-0.25, -0.2) is 4.79 Å². The van der Waals surface area contributed by atoms with Crippen LogP contribution >= 0.6 is 23.2 Å². The molecule has 1 aromatic carbocycles. The van der Waals surface area contributed by atoms with Crippen molar-refractivity contribution in [2.75, 3.05) is 12.4 Å². The molecular weight excluding hydrogens is 287 g/mol. The second-order valence-corrected chi connectivity index (χ2v) is 4.63. The Kier molecular flexibility index (Phi) is 4.35. The van der Waals surface area contributed by atoms with Crippen molar-refractivity contribution < 1.29 is 9.53 Å². The number of carbonyl (C=O) groups excluding carboxylic acids is 1. The summed E-state index contributed by atoms with van der Waals surface area (Å²) in [6.45, 7) is 0.497. The van der Waals surface area contributed by atoms with E-state index in [2.05, 4.69) is 15.0 Å². The molecule has 6 heteroatoms. The number of rotatable bonds is 4. The summed E-state index contributed by atoms with van der Waals surface area (Å²) in [4.78, 5) is 14.2. The molecule has 1 aromatic heterocycles. The van der Waals surface area contributed by atoms with E-state index in [-0.39, 0.29) is 0 Å². The molecular formula is C13H12Cl2N2O2. The van der Waals surface area contributed by atoms with Gasteiger partial charge in [-0.05, 0) is 24.3 Å². The fourth-order valence-electron chi connectivity index (χ4n) is 1.60. The SMILES string of the molecule is COC(=O)c1ccc(CNc2cccc(Cl)c2Cl)[nH]1. The van der Waals surface area contributed by atoms with E-state index in [4.69, 9.17) is 23.2 Å². The number of esters is 1. The molecule has 4 nitrogen and oxygen atoms in total. The van der Waals surface area contributed by atoms with Crippen molar-refractivity contribution in [2.24, 2.45) is 0 Å². The molecule has 1 heterocycles. The lowest BCUT2D eigenvalue weighted by molar-refractivity contribution is 0.0594. The molecule has 0 amide bonds. The molecule has 2 N–H and O–H groups in total. The third-order valence-electron chi connectivity index (χ3n) is 2.57. The number of carbonyl (C=O) groups is 1. The fourth-order valence-corrected chi connectivity index (χ4v) is 1.97. The lowest BCUT2D eigenvalue weighted by atomic mass is 10.3. The molecule has 2 rings (SSSR count). The fraction of sp³-hybridized carbons (Fsp3) is 0.154. The van der Waals surface area contributed by atoms with E-state index in [0.717, 1.165) is 11.4 Å². The molecule has 0 aliphatic rings. The standard InChI is InChI=1S/C13H12Cl2N2O2/c1-19-13(18)11-6-5-8(17-11)7-16-10-4-2-3-9(14)12(10)15/h2-6,16-17H,7H2,1H3. The molecule has 0 aliphatic carbocycles. The number of methoxy groups -OCH3 is 1. The van der Waals surface area contributed by atoms with Gasteiger partial charge in [0.1, 0.15) is 5.69 Å². The van der Waals surface area contributed by atoms with E-state index in [9.17, 15) is 4.79 Å². The Labute approximate surface area is 120 Å². The molecule has 0 spiro atoms. The van der Waals surface area contributed by atoms with Crippen molar-refractivity contribution >= 4 is 34.9 Å². The number of aromatic nitrogens is 1. The molecule has 0 radical (unpaired) electrons. The van der Waals surface area contributed by atoms with Gasteiger partial charge in [-0.2, -0.15) is 0 Å². The van der Waals surface area contributed by atoms with Crippen LogP contribution in [0.15, 0.2) is 30.3 Å². The maximum absolute atomic E-state index is 11.3. The normalized spacial score (nSPS) is 10.3. The van der Waals surface area contributed by atoms with Gasteiger partial charge in [0.05, 0.1) is 29.4 Å². The molecule has 0 saturated heterocycles. The van der Waals surface area contributed by atoms with E-state index in [1.54, 1.807) is 18.2 Å². The van der Waals surface area contributed by atoms with Crippen LogP contribution in [-0.4, -0.2) is 18.1 Å². The van der Waals surface area contributed by atoms with Crippen molar-refractivity contribution in [3.8, 4) is 0 Å². The number of anilines is 1. The summed E-state index contributed by atoms with van der Waals surface area (Å²) in [5.41, 5.74) is 2.00. The van der Waals surface area contributed by atoms with Crippen LogP contribution in [-0.2, 0) is 11.3 Å². The third kappa shape index (κ3) is 3.22. The van der Waals surface area contributed by atoms with E-state index in [1.807, 2.05) is 12.1 Å². The number of ether oxygens (including phenoxy) is 1. The smallest absolute Gasteiger partial charge is 0.354 e. The van der Waals surface area contributed by atoms with Gasteiger partial charge in [0, 0.05) is 5.69 Å². The van der Waals surface area contributed by atoms with Crippen molar-refractivity contribution in [3.05, 3.63) is 51.8 Å². The Morgan fingerprint density at radius 1 is 1.32 bits per heavy atom. The molecule has 19 heavy (non-hydrogen) atoms. The number of aromatic amines is 1. The summed E-state index contributed by atoms with van der Waals surface area (Å²) in [5, 5.41) is 4.11. The van der Waals surface area contributed by atoms with Crippen molar-refractivity contribution in [2.45, 2.75) is 6.54 Å². The molecule has 0 unspecified atom stereocenters. The number of hydrogen-bond donors (Lipinski definition) is 2. The summed E-state index contributed by atoms with van der Waals surface area (Å²) < 4.78 is 4.62. The Balaban J connectivity index is 2.04. The molecule has 0 aliphatic heterocycles. The summed E-state index contributed by atoms with van der Waals surface area (Å²) in [6, 6.07) is 8.84. The Hall–Kier alpha value is -1.65. The van der Waals surface area contributed by atoms with Crippen LogP contribution in [0.4, 0.5) is 5.69 Å². The maximum Gasteiger partial charge on any atom is 0.354 e. The summed E-state index contributed by atoms with van der Waals surface area (Å²) in [6.07, 6.45) is 0. The van der Waals surface area contributed by atoms with E-state index < -0.39 is 5.97 Å². The molecule has 0 saturated carbocycles. The zero-order valence-corrected chi connectivity index (χ0v) is 11.7. The second kappa shape index (κ2) is 5.99. The van der Waals surface area contributed by atoms with Crippen LogP contribution in [0.25, 0.3) is 0 Å². The summed E-state index contributed by atoms with van der Waals surface area (Å²) >= 11 is 12.0. The lowest BCUT2D eigenvalue weighted by Gasteiger charge is -2.08. The average molecular weight is 299 g/mol. The first kappa shape index (κ1) is 13.8. The zero-order valence-electron chi connectivity index (χ0n) is 10.2. The summed E-state index contributed by atoms with van der Waals surface area (Å²) in [5.74, 6) is -0.396. The number of H-pyrrole nitrogens is 1. The molecule has 2 aromatic rings. The highest BCUT2D eigenvalue weighted by Gasteiger charge is 2.08. The minimum Gasteiger partial charge on any atom is -0.464 e. The van der Waals surface area contributed by atoms with Crippen molar-refractivity contribution in [3.63, 3.8) is 0 Å². The van der Waals surface area contributed by atoms with Gasteiger partial charge in [0.2, 0.25) is 0 Å². The monoisotopic (exact) mass is 298 g/mol. The highest BCUT2D eigenvalue weighted by molar-refractivity contribution is 6.43. The number of halogens is 2. The Morgan fingerprint density at radius 3 is 2.84 bits per heavy atom. The van der Waals surface area contributed by atoms with E-state index in [1.165, 1.54) is 7.11 Å². The number of hydrogen-bond acceptors (Lipinski definition) is 3. The zero-order chi connectivity index (χ0) is 13.8. The van der Waals surface area contributed by atoms with Gasteiger partial charge < -0.3 is 15.0 Å². The third-order valence-corrected chi connectivity index (χ3v) is 3.39. The van der Waals surface area contributed by atoms with Crippen molar-refractivity contribution in [1.82, 2.24) is 4.98 Å². The summed E-state index contributed by atoms with van der Waals surface area (Å²) in [7, 11) is 1.34. The molecule has 100 valence electrons. The number of benzene rings is 1. The van der Waals surface area contributed by atoms with E-state index >= 15 is 0 Å². The average Bonchev–Trinajstić information content (AvgIpc) is 2.88. The Bertz CT molecular complexity index is 596. The highest BCUT2D eigenvalue weighted by Crippen LogP contribution is 2.29.